The van der Waals surface area contributed by atoms with E-state index >= 15 is 4.39 Å². The van der Waals surface area contributed by atoms with Crippen LogP contribution in [0.1, 0.15) is 0 Å². The number of nitrogens with zero attached hydrogens (tertiary/aromatic N) is 9. The Morgan fingerprint density at radius 2 is 2.00 bits per heavy atom. The normalized spacial score (nSPS) is 14.2. The number of rotatable bonds is 11. The van der Waals surface area contributed by atoms with E-state index in [4.69, 9.17) is 14.9 Å². The van der Waals surface area contributed by atoms with E-state index in [1.54, 1.807) is 48.8 Å². The van der Waals surface area contributed by atoms with Crippen LogP contribution in [0.25, 0.3) is 28.4 Å². The molecule has 1 amide bonds. The van der Waals surface area contributed by atoms with Crippen LogP contribution in [0.4, 0.5) is 16.0 Å². The standard InChI is InChI=1S/C28H34FN11O3/c1-31-7-8-36(2)23(41)17-43-19-5-6-21(20(29)16-19)38-12-9-37(10-13-38)11-14-39-18-32-24-26(39)34-28(30)40-27(24)33-25(35-40)22-4-3-15-42-22/h3-6,15-16,18,31H,7-14,17H2,1-2H3,(H2,30,34). The summed E-state index contributed by atoms with van der Waals surface area (Å²) >= 11 is 0. The zero-order chi connectivity index (χ0) is 29.9. The molecule has 4 aromatic heterocycles. The highest BCUT2D eigenvalue weighted by molar-refractivity contribution is 5.87. The van der Waals surface area contributed by atoms with Gasteiger partial charge in [0.15, 0.2) is 29.2 Å². The fraction of sp³-hybridized carbons (Fsp3) is 0.393. The maximum Gasteiger partial charge on any atom is 0.260 e. The predicted molar refractivity (Wildman–Crippen MR) is 158 cm³/mol. The lowest BCUT2D eigenvalue weighted by Gasteiger charge is -2.36. The molecule has 0 spiro atoms. The van der Waals surface area contributed by atoms with Crippen molar-refractivity contribution in [3.8, 4) is 17.3 Å². The van der Waals surface area contributed by atoms with Gasteiger partial charge in [-0.1, -0.05) is 0 Å². The number of nitrogens with one attached hydrogen (secondary N) is 1. The van der Waals surface area contributed by atoms with E-state index in [9.17, 15) is 4.79 Å². The first-order chi connectivity index (χ1) is 20.9. The van der Waals surface area contributed by atoms with Crippen LogP contribution in [0.2, 0.25) is 0 Å². The number of ether oxygens (including phenoxy) is 1. The van der Waals surface area contributed by atoms with Gasteiger partial charge in [-0.15, -0.1) is 5.10 Å². The van der Waals surface area contributed by atoms with Crippen molar-refractivity contribution in [2.45, 2.75) is 6.54 Å². The number of furan rings is 1. The molecule has 15 heteroatoms. The Hall–Kier alpha value is -4.76. The summed E-state index contributed by atoms with van der Waals surface area (Å²) in [5.41, 5.74) is 8.50. The monoisotopic (exact) mass is 591 g/mol. The quantitative estimate of drug-likeness (QED) is 0.229. The van der Waals surface area contributed by atoms with Crippen molar-refractivity contribution < 1.29 is 18.3 Å². The highest BCUT2D eigenvalue weighted by atomic mass is 19.1. The molecule has 5 heterocycles. The number of aromatic nitrogens is 6. The summed E-state index contributed by atoms with van der Waals surface area (Å²) in [6.45, 7) is 5.44. The zero-order valence-electron chi connectivity index (χ0n) is 24.1. The van der Waals surface area contributed by atoms with Crippen LogP contribution in [0.15, 0.2) is 47.3 Å². The number of carbonyl (C=O) groups is 1. The van der Waals surface area contributed by atoms with E-state index < -0.39 is 0 Å². The van der Waals surface area contributed by atoms with Gasteiger partial charge < -0.3 is 34.6 Å². The number of hydrogen-bond donors (Lipinski definition) is 2. The molecule has 226 valence electrons. The van der Waals surface area contributed by atoms with Crippen molar-refractivity contribution in [1.29, 1.82) is 0 Å². The SMILES string of the molecule is CNCCN(C)C(=O)COc1ccc(N2CCN(CCn3cnc4c3nc(N)n3nc(-c5ccco5)nc43)CC2)c(F)c1. The van der Waals surface area contributed by atoms with Gasteiger partial charge >= 0.3 is 0 Å². The molecule has 1 aliphatic rings. The summed E-state index contributed by atoms with van der Waals surface area (Å²) in [7, 11) is 3.54. The van der Waals surface area contributed by atoms with Gasteiger partial charge in [0.1, 0.15) is 11.6 Å². The van der Waals surface area contributed by atoms with E-state index in [-0.39, 0.29) is 24.3 Å². The third kappa shape index (κ3) is 5.94. The topological polar surface area (TPSA) is 148 Å². The Labute approximate surface area is 246 Å². The second-order valence-electron chi connectivity index (χ2n) is 10.4. The number of fused-ring (bicyclic) bond motifs is 3. The maximum absolute atomic E-state index is 15.0. The molecule has 1 saturated heterocycles. The first kappa shape index (κ1) is 28.4. The molecule has 1 aromatic carbocycles. The molecule has 1 fully saturated rings. The van der Waals surface area contributed by atoms with Gasteiger partial charge in [-0.25, -0.2) is 14.4 Å². The van der Waals surface area contributed by atoms with Crippen LogP contribution in [-0.2, 0) is 11.3 Å². The van der Waals surface area contributed by atoms with Crippen molar-refractivity contribution in [3.63, 3.8) is 0 Å². The molecule has 6 rings (SSSR count). The molecule has 0 saturated carbocycles. The number of halogens is 1. The molecular weight excluding hydrogens is 557 g/mol. The van der Waals surface area contributed by atoms with Crippen LogP contribution < -0.4 is 20.7 Å². The first-order valence-electron chi connectivity index (χ1n) is 14.1. The number of imidazole rings is 1. The largest absolute Gasteiger partial charge is 0.484 e. The second kappa shape index (κ2) is 12.2. The Kier molecular flexibility index (Phi) is 8.07. The lowest BCUT2D eigenvalue weighted by atomic mass is 10.2. The first-order valence-corrected chi connectivity index (χ1v) is 14.1. The summed E-state index contributed by atoms with van der Waals surface area (Å²) < 4.78 is 29.4. The Balaban J connectivity index is 1.04. The smallest absolute Gasteiger partial charge is 0.260 e. The number of anilines is 2. The number of amides is 1. The summed E-state index contributed by atoms with van der Waals surface area (Å²) in [5, 5.41) is 7.42. The van der Waals surface area contributed by atoms with Crippen molar-refractivity contribution in [1.82, 2.24) is 44.2 Å². The minimum absolute atomic E-state index is 0.137. The van der Waals surface area contributed by atoms with Gasteiger partial charge in [-0.05, 0) is 31.3 Å². The molecule has 14 nitrogen and oxygen atoms in total. The van der Waals surface area contributed by atoms with Gasteiger partial charge in [0.2, 0.25) is 11.8 Å². The number of hydrogen-bond acceptors (Lipinski definition) is 11. The van der Waals surface area contributed by atoms with Crippen LogP contribution in [0.3, 0.4) is 0 Å². The Morgan fingerprint density at radius 1 is 1.16 bits per heavy atom. The van der Waals surface area contributed by atoms with E-state index in [1.165, 1.54) is 10.6 Å². The van der Waals surface area contributed by atoms with Crippen molar-refractivity contribution in [2.75, 3.05) is 77.1 Å². The highest BCUT2D eigenvalue weighted by Crippen LogP contribution is 2.26. The molecule has 0 radical (unpaired) electrons. The molecule has 0 atom stereocenters. The van der Waals surface area contributed by atoms with E-state index in [0.29, 0.717) is 72.6 Å². The molecular formula is C28H34FN11O3. The van der Waals surface area contributed by atoms with Gasteiger partial charge in [0.25, 0.3) is 5.91 Å². The fourth-order valence-electron chi connectivity index (χ4n) is 5.06. The number of piperazine rings is 1. The lowest BCUT2D eigenvalue weighted by Crippen LogP contribution is -2.47. The average molecular weight is 592 g/mol. The summed E-state index contributed by atoms with van der Waals surface area (Å²) in [6, 6.07) is 8.32. The maximum atomic E-state index is 15.0. The van der Waals surface area contributed by atoms with Crippen molar-refractivity contribution in [2.24, 2.45) is 0 Å². The van der Waals surface area contributed by atoms with Gasteiger partial charge in [-0.2, -0.15) is 9.50 Å². The summed E-state index contributed by atoms with van der Waals surface area (Å²) in [5.74, 6) is 0.962. The van der Waals surface area contributed by atoms with E-state index in [1.807, 2.05) is 16.5 Å². The van der Waals surface area contributed by atoms with Gasteiger partial charge in [-0.3, -0.25) is 9.69 Å². The molecule has 0 unspecified atom stereocenters. The number of nitrogen functional groups attached to an aromatic ring is 1. The summed E-state index contributed by atoms with van der Waals surface area (Å²) in [6.07, 6.45) is 3.30. The number of benzene rings is 1. The second-order valence-corrected chi connectivity index (χ2v) is 10.4. The fourth-order valence-corrected chi connectivity index (χ4v) is 5.06. The molecule has 5 aromatic rings. The van der Waals surface area contributed by atoms with Crippen LogP contribution in [0.5, 0.6) is 5.75 Å². The van der Waals surface area contributed by atoms with Gasteiger partial charge in [0, 0.05) is 65.5 Å². The van der Waals surface area contributed by atoms with Crippen molar-refractivity contribution >= 4 is 34.4 Å². The van der Waals surface area contributed by atoms with Crippen molar-refractivity contribution in [3.05, 3.63) is 48.7 Å². The van der Waals surface area contributed by atoms with Crippen LogP contribution >= 0.6 is 0 Å². The molecule has 0 bridgehead atoms. The Bertz CT molecular complexity index is 1710. The van der Waals surface area contributed by atoms with E-state index in [2.05, 4.69) is 30.3 Å². The minimum Gasteiger partial charge on any atom is -0.484 e. The van der Waals surface area contributed by atoms with Crippen LogP contribution in [0, 0.1) is 5.82 Å². The zero-order valence-corrected chi connectivity index (χ0v) is 24.1. The highest BCUT2D eigenvalue weighted by Gasteiger charge is 2.22. The third-order valence-electron chi connectivity index (χ3n) is 7.58. The summed E-state index contributed by atoms with van der Waals surface area (Å²) in [4.78, 5) is 31.8. The molecule has 1 aliphatic heterocycles. The van der Waals surface area contributed by atoms with E-state index in [0.717, 1.165) is 19.6 Å². The molecule has 0 aliphatic carbocycles. The minimum atomic E-state index is -0.370. The number of likely N-dealkylation sites (N-methyl/N-ethyl adjacent to an activating group) is 2. The third-order valence-corrected chi connectivity index (χ3v) is 7.58. The Morgan fingerprint density at radius 3 is 2.74 bits per heavy atom. The van der Waals surface area contributed by atoms with Crippen LogP contribution in [-0.4, -0.2) is 111 Å². The molecule has 3 N–H and O–H groups in total. The van der Waals surface area contributed by atoms with Gasteiger partial charge in [0.05, 0.1) is 18.3 Å². The lowest BCUT2D eigenvalue weighted by molar-refractivity contribution is -0.132. The molecule has 43 heavy (non-hydrogen) atoms. The number of nitrogens with two attached hydrogens (primary N) is 1. The average Bonchev–Trinajstić information content (AvgIpc) is 3.78. The number of carbonyl (C=O) groups excluding carboxylic acids is 1. The predicted octanol–water partition coefficient (Wildman–Crippen LogP) is 1.33.